The third-order valence-electron chi connectivity index (χ3n) is 8.99. The Labute approximate surface area is 287 Å². The van der Waals surface area contributed by atoms with Crippen LogP contribution in [0.2, 0.25) is 6.04 Å². The number of nitrogens with one attached hydrogen (secondary N) is 1. The fourth-order valence-electron chi connectivity index (χ4n) is 6.56. The van der Waals surface area contributed by atoms with E-state index in [0.717, 1.165) is 91.9 Å². The van der Waals surface area contributed by atoms with Crippen LogP contribution in [0.1, 0.15) is 56.3 Å². The largest absolute Gasteiger partial charge is 0.491 e. The maximum atomic E-state index is 12.2. The molecule has 2 aromatic heterocycles. The second kappa shape index (κ2) is 17.4. The van der Waals surface area contributed by atoms with Gasteiger partial charge >= 0.3 is 5.97 Å². The number of benzene rings is 1. The number of carbonyl (C=O) groups is 1. The minimum atomic E-state index is -1.52. The molecule has 0 saturated carbocycles. The average molecular weight is 938 g/mol. The van der Waals surface area contributed by atoms with Gasteiger partial charge in [0.25, 0.3) is 0 Å². The standard InChI is InChI=1S/C37H53N5O5Si.Lr/c1-27(2)23-46-16-15-45-17-18-47-33-20-32(42-29(4)19-28(3)40-42)21-34(22-33)48(24-35(43)44)26-41-14-12-37(5,25-41)11-10-31-9-8-30-7-6-13-38-36(30)39-31;/h8-9,11,19-22,27H,6-7,10,12-18,23-26H2,1-5H3,(H,38,39)(H,43,44);/q-1;/t37-;/m1./s1. The van der Waals surface area contributed by atoms with Gasteiger partial charge in [-0.05, 0) is 81.7 Å². The number of hydrogen-bond donors (Lipinski definition) is 2. The van der Waals surface area contributed by atoms with Crippen LogP contribution in [0, 0.1) is 31.6 Å². The van der Waals surface area contributed by atoms with Crippen LogP contribution < -0.4 is 15.2 Å². The number of carboxylic acid groups (broad SMARTS) is 1. The predicted octanol–water partition coefficient (Wildman–Crippen LogP) is 4.79. The molecule has 12 heteroatoms. The third kappa shape index (κ3) is 10.9. The zero-order chi connectivity index (χ0) is 34.1. The SMILES string of the molecule is Cc1cc(C)n(-c2cc(OCCOCCOCC(C)C)cc([Si](CC(=O)O)CN3CC[C@@](C)([CH-]Cc4ccc5c(n4)NCCC5)C3)c2)n1.[Lr]. The molecular weight excluding hydrogens is 885 g/mol. The van der Waals surface area contributed by atoms with Crippen LogP contribution in [0.25, 0.3) is 5.69 Å². The molecule has 3 aromatic rings. The molecule has 10 nitrogen and oxygen atoms in total. The maximum Gasteiger partial charge on any atom is 0.300 e. The molecule has 2 N–H and O–H groups in total. The van der Waals surface area contributed by atoms with Crippen molar-refractivity contribution in [1.29, 1.82) is 0 Å². The number of likely N-dealkylation sites (tertiary alicyclic amines) is 1. The average Bonchev–Trinajstić information content (AvgIpc) is 3.60. The van der Waals surface area contributed by atoms with E-state index in [1.54, 1.807) is 0 Å². The number of anilines is 1. The summed E-state index contributed by atoms with van der Waals surface area (Å²) in [5.74, 6) is 1.47. The van der Waals surface area contributed by atoms with Crippen LogP contribution in [-0.4, -0.2) is 98.4 Å². The Morgan fingerprint density at radius 1 is 1.12 bits per heavy atom. The van der Waals surface area contributed by atoms with Gasteiger partial charge in [-0.3, -0.25) is 4.79 Å². The summed E-state index contributed by atoms with van der Waals surface area (Å²) in [4.78, 5) is 19.6. The Morgan fingerprint density at radius 3 is 2.67 bits per heavy atom. The fraction of sp³-hybridized carbons (Fsp3) is 0.568. The van der Waals surface area contributed by atoms with Gasteiger partial charge in [0.15, 0.2) is 0 Å². The van der Waals surface area contributed by atoms with Gasteiger partial charge in [-0.25, -0.2) is 9.67 Å². The number of rotatable bonds is 18. The van der Waals surface area contributed by atoms with E-state index < -0.39 is 14.8 Å². The first-order valence-corrected chi connectivity index (χ1v) is 19.3. The minimum absolute atomic E-state index is 0. The first-order chi connectivity index (χ1) is 23.1. The number of aromatic nitrogens is 3. The molecule has 1 atom stereocenters. The monoisotopic (exact) mass is 937 g/mol. The van der Waals surface area contributed by atoms with E-state index in [2.05, 4.69) is 55.6 Å². The normalized spacial score (nSPS) is 17.6. The van der Waals surface area contributed by atoms with Crippen molar-refractivity contribution in [3.8, 4) is 11.4 Å². The Bertz CT molecular complexity index is 1520. The van der Waals surface area contributed by atoms with Crippen molar-refractivity contribution >= 4 is 25.8 Å². The Hall–Kier alpha value is -4.25. The molecule has 0 bridgehead atoms. The number of aryl methyl sites for hydroxylation is 3. The Kier molecular flexibility index (Phi) is 13.4. The van der Waals surface area contributed by atoms with E-state index in [0.29, 0.717) is 38.1 Å². The number of aliphatic carboxylic acids is 1. The number of ether oxygens (including phenoxy) is 3. The second-order valence-electron chi connectivity index (χ2n) is 14.0. The summed E-state index contributed by atoms with van der Waals surface area (Å²) < 4.78 is 19.4. The molecule has 1 aromatic carbocycles. The number of fused-ring (bicyclic) bond motifs is 1. The van der Waals surface area contributed by atoms with Crippen molar-refractivity contribution in [3.05, 3.63) is 65.5 Å². The van der Waals surface area contributed by atoms with Gasteiger partial charge in [0.05, 0.1) is 31.2 Å². The summed E-state index contributed by atoms with van der Waals surface area (Å²) in [5.41, 5.74) is 5.28. The van der Waals surface area contributed by atoms with E-state index >= 15 is 0 Å². The molecule has 0 spiro atoms. The van der Waals surface area contributed by atoms with Crippen LogP contribution in [0.15, 0.2) is 36.4 Å². The first kappa shape index (κ1) is 37.6. The quantitative estimate of drug-likeness (QED) is 0.106. The van der Waals surface area contributed by atoms with Crippen LogP contribution in [0.5, 0.6) is 5.75 Å². The van der Waals surface area contributed by atoms with Crippen LogP contribution in [0.4, 0.5) is 5.82 Å². The molecule has 49 heavy (non-hydrogen) atoms. The van der Waals surface area contributed by atoms with Gasteiger partial charge in [0.2, 0.25) is 0 Å². The van der Waals surface area contributed by atoms with Crippen LogP contribution >= 0.6 is 0 Å². The van der Waals surface area contributed by atoms with Gasteiger partial charge in [-0.15, -0.1) is 11.8 Å². The summed E-state index contributed by atoms with van der Waals surface area (Å²) in [6.45, 7) is 16.1. The topological polar surface area (TPSA) is 111 Å². The van der Waals surface area contributed by atoms with Crippen molar-refractivity contribution < 1.29 is 24.1 Å². The molecule has 1 saturated heterocycles. The zero-order valence-corrected chi connectivity index (χ0v) is 32.8. The summed E-state index contributed by atoms with van der Waals surface area (Å²) in [6.07, 6.45) is 7.29. The smallest absolute Gasteiger partial charge is 0.300 e. The first-order valence-electron chi connectivity index (χ1n) is 17.4. The van der Waals surface area contributed by atoms with E-state index in [1.807, 2.05) is 36.7 Å². The molecule has 276 valence electrons. The molecule has 2 aliphatic heterocycles. The van der Waals surface area contributed by atoms with Gasteiger partial charge in [-0.2, -0.15) is 5.10 Å². The Balaban J connectivity index is 0.00000541. The van der Waals surface area contributed by atoms with Crippen molar-refractivity contribution in [3.63, 3.8) is 0 Å². The molecule has 0 unspecified atom stereocenters. The summed E-state index contributed by atoms with van der Waals surface area (Å²) in [6, 6.07) is 12.7. The summed E-state index contributed by atoms with van der Waals surface area (Å²) >= 11 is 0. The second-order valence-corrected chi connectivity index (χ2v) is 16.5. The number of pyridine rings is 1. The molecular formula is C37H53LrN5O5Si-. The van der Waals surface area contributed by atoms with Crippen molar-refractivity contribution in [2.24, 2.45) is 11.3 Å². The van der Waals surface area contributed by atoms with Gasteiger partial charge in [0, 0.05) is 36.6 Å². The minimum Gasteiger partial charge on any atom is -0.491 e. The number of nitrogens with zero attached hydrogens (tertiary/aromatic N) is 4. The van der Waals surface area contributed by atoms with E-state index in [9.17, 15) is 9.90 Å². The van der Waals surface area contributed by atoms with Gasteiger partial charge < -0.3 is 36.0 Å². The predicted molar refractivity (Wildman–Crippen MR) is 191 cm³/mol. The molecule has 1 fully saturated rings. The van der Waals surface area contributed by atoms with Crippen LogP contribution in [0.3, 0.4) is 0 Å². The number of hydrogen-bond acceptors (Lipinski definition) is 8. The van der Waals surface area contributed by atoms with Gasteiger partial charge in [-0.1, -0.05) is 38.4 Å². The molecule has 5 rings (SSSR count). The summed E-state index contributed by atoms with van der Waals surface area (Å²) in [7, 11) is -1.52. The summed E-state index contributed by atoms with van der Waals surface area (Å²) in [5, 5.41) is 19.2. The maximum absolute atomic E-state index is 12.2. The molecule has 0 amide bonds. The van der Waals surface area contributed by atoms with Crippen LogP contribution in [-0.2, 0) is 27.1 Å². The zero-order valence-electron chi connectivity index (χ0n) is 29.6. The van der Waals surface area contributed by atoms with E-state index in [4.69, 9.17) is 24.3 Å². The Morgan fingerprint density at radius 2 is 1.92 bits per heavy atom. The molecule has 2 aliphatic rings. The fourth-order valence-corrected chi connectivity index (χ4v) is 8.93. The molecule has 4 heterocycles. The molecule has 2 radical (unpaired) electrons. The van der Waals surface area contributed by atoms with Crippen molar-refractivity contribution in [2.45, 2.75) is 66.3 Å². The van der Waals surface area contributed by atoms with E-state index in [-0.39, 0.29) is 11.5 Å². The van der Waals surface area contributed by atoms with Crippen molar-refractivity contribution in [1.82, 2.24) is 19.7 Å². The van der Waals surface area contributed by atoms with Crippen molar-refractivity contribution in [2.75, 3.05) is 64.2 Å². The van der Waals surface area contributed by atoms with Gasteiger partial charge in [0.1, 0.15) is 27.0 Å². The van der Waals surface area contributed by atoms with E-state index in [1.165, 1.54) is 5.56 Å². The number of carboxylic acids is 1. The third-order valence-corrected chi connectivity index (χ3v) is 11.7. The molecule has 0 aliphatic carbocycles.